The molecule has 5 heterocycles. The molecule has 11 heteroatoms. The van der Waals surface area contributed by atoms with Crippen LogP contribution in [0.2, 0.25) is 0 Å². The van der Waals surface area contributed by atoms with Gasteiger partial charge in [-0.2, -0.15) is 5.10 Å². The number of aliphatic hydroxyl groups is 1. The van der Waals surface area contributed by atoms with E-state index >= 15 is 0 Å². The molecule has 3 aliphatic heterocycles. The number of alkyl halides is 2. The van der Waals surface area contributed by atoms with E-state index < -0.39 is 12.0 Å². The van der Waals surface area contributed by atoms with Crippen molar-refractivity contribution in [1.82, 2.24) is 19.5 Å². The van der Waals surface area contributed by atoms with Crippen molar-refractivity contribution in [2.45, 2.75) is 37.5 Å². The zero-order chi connectivity index (χ0) is 23.6. The summed E-state index contributed by atoms with van der Waals surface area (Å²) in [5.41, 5.74) is 2.34. The van der Waals surface area contributed by atoms with E-state index in [1.807, 2.05) is 19.1 Å². The minimum absolute atomic E-state index is 0.0817. The Kier molecular flexibility index (Phi) is 4.75. The lowest BCUT2D eigenvalue weighted by molar-refractivity contribution is -0.0309. The van der Waals surface area contributed by atoms with Crippen LogP contribution in [0, 0.1) is 0 Å². The molecular formula is C23H24F2N6O3. The van der Waals surface area contributed by atoms with Gasteiger partial charge in [-0.05, 0) is 19.1 Å². The number of hydrogen-bond acceptors (Lipinski definition) is 7. The third-order valence-corrected chi connectivity index (χ3v) is 7.01. The number of aliphatic hydroxyl groups excluding tert-OH is 1. The second-order valence-electron chi connectivity index (χ2n) is 9.40. The molecule has 6 rings (SSSR count). The number of rotatable bonds is 6. The number of benzene rings is 1. The van der Waals surface area contributed by atoms with Crippen LogP contribution < -0.4 is 15.0 Å². The van der Waals surface area contributed by atoms with E-state index in [0.717, 1.165) is 11.3 Å². The van der Waals surface area contributed by atoms with Gasteiger partial charge in [0.2, 0.25) is 0 Å². The number of fused-ring (bicyclic) bond motifs is 3. The molecule has 1 amide bonds. The van der Waals surface area contributed by atoms with Gasteiger partial charge in [0, 0.05) is 49.6 Å². The zero-order valence-corrected chi connectivity index (χ0v) is 18.5. The summed E-state index contributed by atoms with van der Waals surface area (Å²) in [6, 6.07) is 5.68. The van der Waals surface area contributed by atoms with Crippen LogP contribution in [0.5, 0.6) is 5.75 Å². The minimum Gasteiger partial charge on any atom is -0.484 e. The van der Waals surface area contributed by atoms with Crippen LogP contribution in [-0.2, 0) is 6.42 Å². The summed E-state index contributed by atoms with van der Waals surface area (Å²) < 4.78 is 33.2. The smallest absolute Gasteiger partial charge is 0.261 e. The fraction of sp³-hybridized carbons (Fsp3) is 0.435. The standard InChI is InChI=1S/C23H24F2N6O3/c1-23(12-32)7-13-5-15(28-22(33)14-8-27-31-4-2-3-26-21(14)31)16(6-19(13)34-23)30-10-17-18(30)9-29(17)11-20(24)25/h2-6,8,17-18,20,32H,7,9-12H2,1H3,(H,28,33)/t17-,18?,23-/m0/s1. The highest BCUT2D eigenvalue weighted by Gasteiger charge is 2.52. The number of carbonyl (C=O) groups excluding carboxylic acids is 1. The fourth-order valence-corrected chi connectivity index (χ4v) is 5.16. The number of amides is 1. The van der Waals surface area contributed by atoms with E-state index in [1.54, 1.807) is 23.4 Å². The summed E-state index contributed by atoms with van der Waals surface area (Å²) >= 11 is 0. The molecule has 0 bridgehead atoms. The molecule has 0 aliphatic carbocycles. The molecule has 2 fully saturated rings. The van der Waals surface area contributed by atoms with Crippen molar-refractivity contribution in [2.24, 2.45) is 0 Å². The third-order valence-electron chi connectivity index (χ3n) is 7.01. The van der Waals surface area contributed by atoms with E-state index in [9.17, 15) is 18.7 Å². The normalized spacial score (nSPS) is 25.5. The molecular weight excluding hydrogens is 446 g/mol. The molecule has 1 aromatic carbocycles. The number of piperazine rings is 1. The Hall–Kier alpha value is -3.31. The predicted molar refractivity (Wildman–Crippen MR) is 120 cm³/mol. The summed E-state index contributed by atoms with van der Waals surface area (Å²) in [5, 5.41) is 17.0. The number of nitrogens with one attached hydrogen (secondary N) is 1. The second kappa shape index (κ2) is 7.60. The Morgan fingerprint density at radius 3 is 2.94 bits per heavy atom. The maximum Gasteiger partial charge on any atom is 0.261 e. The molecule has 2 saturated heterocycles. The maximum absolute atomic E-state index is 13.2. The summed E-state index contributed by atoms with van der Waals surface area (Å²) in [6.07, 6.45) is 2.95. The molecule has 2 aromatic heterocycles. The van der Waals surface area contributed by atoms with Crippen molar-refractivity contribution in [3.05, 3.63) is 47.9 Å². The van der Waals surface area contributed by atoms with Gasteiger partial charge in [-0.15, -0.1) is 0 Å². The number of anilines is 2. The van der Waals surface area contributed by atoms with Crippen molar-refractivity contribution in [1.29, 1.82) is 0 Å². The predicted octanol–water partition coefficient (Wildman–Crippen LogP) is 1.81. The van der Waals surface area contributed by atoms with Gasteiger partial charge in [-0.25, -0.2) is 18.3 Å². The quantitative estimate of drug-likeness (QED) is 0.567. The monoisotopic (exact) mass is 470 g/mol. The van der Waals surface area contributed by atoms with Gasteiger partial charge in [0.15, 0.2) is 5.65 Å². The number of likely N-dealkylation sites (tertiary alicyclic amines) is 1. The lowest BCUT2D eigenvalue weighted by atomic mass is 9.84. The lowest BCUT2D eigenvalue weighted by Crippen LogP contribution is -2.79. The number of nitrogens with zero attached hydrogens (tertiary/aromatic N) is 5. The minimum atomic E-state index is -2.35. The number of carbonyl (C=O) groups is 1. The van der Waals surface area contributed by atoms with Crippen LogP contribution in [0.25, 0.3) is 5.65 Å². The SMILES string of the molecule is C[C@@]1(CO)Cc2cc(NC(=O)c3cnn4cccnc34)c(N3C[C@H]4C3CN4CC(F)F)cc2O1. The largest absolute Gasteiger partial charge is 0.484 e. The number of aromatic nitrogens is 3. The van der Waals surface area contributed by atoms with Gasteiger partial charge >= 0.3 is 0 Å². The van der Waals surface area contributed by atoms with Crippen molar-refractivity contribution in [2.75, 3.05) is 36.5 Å². The van der Waals surface area contributed by atoms with Gasteiger partial charge < -0.3 is 20.1 Å². The van der Waals surface area contributed by atoms with Gasteiger partial charge in [0.1, 0.15) is 16.9 Å². The summed E-state index contributed by atoms with van der Waals surface area (Å²) in [4.78, 5) is 21.4. The lowest BCUT2D eigenvalue weighted by Gasteiger charge is -2.63. The van der Waals surface area contributed by atoms with Crippen LogP contribution in [-0.4, -0.2) is 80.9 Å². The van der Waals surface area contributed by atoms with Crippen LogP contribution in [0.15, 0.2) is 36.8 Å². The molecule has 0 radical (unpaired) electrons. The van der Waals surface area contributed by atoms with E-state index in [4.69, 9.17) is 4.74 Å². The first-order valence-corrected chi connectivity index (χ1v) is 11.2. The Balaban J connectivity index is 1.31. The summed E-state index contributed by atoms with van der Waals surface area (Å²) in [7, 11) is 0. The molecule has 2 N–H and O–H groups in total. The molecule has 3 aliphatic rings. The van der Waals surface area contributed by atoms with Gasteiger partial charge in [0.05, 0.1) is 36.8 Å². The van der Waals surface area contributed by atoms with Crippen LogP contribution >= 0.6 is 0 Å². The first kappa shape index (κ1) is 21.2. The summed E-state index contributed by atoms with van der Waals surface area (Å²) in [6.45, 7) is 2.62. The highest BCUT2D eigenvalue weighted by Crippen LogP contribution is 2.46. The average Bonchev–Trinajstić information content (AvgIpc) is 3.37. The molecule has 3 aromatic rings. The topological polar surface area (TPSA) is 95.2 Å². The van der Waals surface area contributed by atoms with Crippen molar-refractivity contribution < 1.29 is 23.4 Å². The van der Waals surface area contributed by atoms with Crippen LogP contribution in [0.1, 0.15) is 22.8 Å². The first-order chi connectivity index (χ1) is 16.3. The van der Waals surface area contributed by atoms with Gasteiger partial charge in [-0.3, -0.25) is 9.69 Å². The molecule has 1 unspecified atom stereocenters. The number of halogens is 2. The van der Waals surface area contributed by atoms with Gasteiger partial charge in [-0.1, -0.05) is 0 Å². The van der Waals surface area contributed by atoms with E-state index in [1.165, 1.54) is 10.7 Å². The molecule has 34 heavy (non-hydrogen) atoms. The molecule has 0 saturated carbocycles. The number of hydrogen-bond donors (Lipinski definition) is 2. The van der Waals surface area contributed by atoms with Crippen LogP contribution in [0.3, 0.4) is 0 Å². The number of ether oxygens (including phenoxy) is 1. The van der Waals surface area contributed by atoms with Gasteiger partial charge in [0.25, 0.3) is 12.3 Å². The molecule has 178 valence electrons. The van der Waals surface area contributed by atoms with E-state index in [2.05, 4.69) is 20.3 Å². The Bertz CT molecular complexity index is 1280. The fourth-order valence-electron chi connectivity index (χ4n) is 5.16. The van der Waals surface area contributed by atoms with Crippen molar-refractivity contribution >= 4 is 22.9 Å². The molecule has 0 spiro atoms. The third kappa shape index (κ3) is 3.30. The van der Waals surface area contributed by atoms with Crippen molar-refractivity contribution in [3.8, 4) is 5.75 Å². The highest BCUT2D eigenvalue weighted by molar-refractivity contribution is 6.09. The second-order valence-corrected chi connectivity index (χ2v) is 9.40. The Labute approximate surface area is 193 Å². The molecule has 9 nitrogen and oxygen atoms in total. The zero-order valence-electron chi connectivity index (χ0n) is 18.5. The van der Waals surface area contributed by atoms with E-state index in [-0.39, 0.29) is 31.1 Å². The Morgan fingerprint density at radius 2 is 2.21 bits per heavy atom. The van der Waals surface area contributed by atoms with Crippen LogP contribution in [0.4, 0.5) is 20.2 Å². The van der Waals surface area contributed by atoms with E-state index in [0.29, 0.717) is 42.2 Å². The molecule has 3 atom stereocenters. The maximum atomic E-state index is 13.2. The Morgan fingerprint density at radius 1 is 1.35 bits per heavy atom. The highest BCUT2D eigenvalue weighted by atomic mass is 19.3. The summed E-state index contributed by atoms with van der Waals surface area (Å²) in [5.74, 6) is 0.318. The van der Waals surface area contributed by atoms with Crippen molar-refractivity contribution in [3.63, 3.8) is 0 Å². The average molecular weight is 470 g/mol. The first-order valence-electron chi connectivity index (χ1n) is 11.2.